The molecule has 2 amide bonds. The van der Waals surface area contributed by atoms with Gasteiger partial charge in [-0.25, -0.2) is 5.48 Å². The van der Waals surface area contributed by atoms with E-state index in [1.807, 2.05) is 48.5 Å². The smallest absolute Gasteiger partial charge is 0.310 e. The topological polar surface area (TPSA) is 117 Å². The number of anilines is 2. The number of esters is 1. The van der Waals surface area contributed by atoms with Crippen LogP contribution < -0.4 is 16.1 Å². The minimum Gasteiger partial charge on any atom is -0.462 e. The van der Waals surface area contributed by atoms with Crippen molar-refractivity contribution in [3.63, 3.8) is 0 Å². The Morgan fingerprint density at radius 1 is 0.889 bits per heavy atom. The van der Waals surface area contributed by atoms with Crippen molar-refractivity contribution in [2.75, 3.05) is 10.6 Å². The Morgan fingerprint density at radius 3 is 2.36 bits per heavy atom. The summed E-state index contributed by atoms with van der Waals surface area (Å²) >= 11 is 0. The van der Waals surface area contributed by atoms with Gasteiger partial charge >= 0.3 is 5.97 Å². The Kier molecular flexibility index (Phi) is 11.2. The van der Waals surface area contributed by atoms with Crippen molar-refractivity contribution in [1.29, 1.82) is 0 Å². The zero-order valence-corrected chi connectivity index (χ0v) is 20.8. The number of unbranched alkanes of at least 4 members (excludes halogenated alkanes) is 3. The van der Waals surface area contributed by atoms with Gasteiger partial charge in [0.05, 0.1) is 6.42 Å². The molecule has 4 N–H and O–H groups in total. The summed E-state index contributed by atoms with van der Waals surface area (Å²) in [5, 5.41) is 14.8. The number of hydrogen-bond donors (Lipinski definition) is 4. The minimum absolute atomic E-state index is 0.0423. The highest BCUT2D eigenvalue weighted by Gasteiger charge is 2.20. The standard InChI is InChI=1S/C28H37N3O5/c32-26(16-3-1-2-4-17-27(33)31-35)30-23-12-9-10-21(18-23)20-29-25-15-8-5-11-22(25)19-28(34)36-24-13-6-7-14-24/h5,8-12,15,18,24,29,35H,1-4,6-7,13-14,16-17,19-20H2,(H,30,32)(H,31,33). The minimum atomic E-state index is -0.382. The van der Waals surface area contributed by atoms with Gasteiger partial charge in [0.1, 0.15) is 6.10 Å². The molecule has 2 aromatic rings. The molecule has 0 radical (unpaired) electrons. The van der Waals surface area contributed by atoms with Crippen LogP contribution in [0.2, 0.25) is 0 Å². The van der Waals surface area contributed by atoms with Crippen LogP contribution in [-0.4, -0.2) is 29.1 Å². The zero-order valence-electron chi connectivity index (χ0n) is 20.8. The number of amides is 2. The molecule has 2 aromatic carbocycles. The normalized spacial score (nSPS) is 13.2. The van der Waals surface area contributed by atoms with Gasteiger partial charge in [-0.3, -0.25) is 19.6 Å². The third-order valence-corrected chi connectivity index (χ3v) is 6.33. The Hall–Kier alpha value is -3.39. The Bertz CT molecular complexity index is 1000. The third-order valence-electron chi connectivity index (χ3n) is 6.33. The second-order valence-corrected chi connectivity index (χ2v) is 9.28. The summed E-state index contributed by atoms with van der Waals surface area (Å²) in [6, 6.07) is 15.5. The van der Waals surface area contributed by atoms with Crippen LogP contribution in [0.1, 0.15) is 75.3 Å². The average Bonchev–Trinajstić information content (AvgIpc) is 3.38. The van der Waals surface area contributed by atoms with E-state index in [9.17, 15) is 14.4 Å². The summed E-state index contributed by atoms with van der Waals surface area (Å²) in [6.07, 6.45) is 8.31. The highest BCUT2D eigenvalue weighted by Crippen LogP contribution is 2.23. The first kappa shape index (κ1) is 27.2. The lowest BCUT2D eigenvalue weighted by atomic mass is 10.1. The fraction of sp³-hybridized carbons (Fsp3) is 0.464. The number of carbonyl (C=O) groups is 3. The summed E-state index contributed by atoms with van der Waals surface area (Å²) in [7, 11) is 0. The molecule has 0 unspecified atom stereocenters. The highest BCUT2D eigenvalue weighted by atomic mass is 16.5. The lowest BCUT2D eigenvalue weighted by Crippen LogP contribution is -2.17. The summed E-state index contributed by atoms with van der Waals surface area (Å²) in [5.74, 6) is -0.608. The van der Waals surface area contributed by atoms with Crippen molar-refractivity contribution in [3.05, 3.63) is 59.7 Å². The van der Waals surface area contributed by atoms with Gasteiger partial charge in [-0.05, 0) is 67.9 Å². The molecule has 0 spiro atoms. The van der Waals surface area contributed by atoms with E-state index < -0.39 is 0 Å². The predicted octanol–water partition coefficient (Wildman–Crippen LogP) is 5.11. The number of nitrogens with one attached hydrogen (secondary N) is 3. The number of rotatable bonds is 14. The molecule has 1 saturated carbocycles. The lowest BCUT2D eigenvalue weighted by molar-refractivity contribution is -0.147. The van der Waals surface area contributed by atoms with Crippen LogP contribution in [0.4, 0.5) is 11.4 Å². The zero-order chi connectivity index (χ0) is 25.6. The van der Waals surface area contributed by atoms with E-state index in [-0.39, 0.29) is 30.3 Å². The first-order valence-corrected chi connectivity index (χ1v) is 12.9. The number of hydrogen-bond acceptors (Lipinski definition) is 6. The van der Waals surface area contributed by atoms with Crippen LogP contribution >= 0.6 is 0 Å². The van der Waals surface area contributed by atoms with Crippen LogP contribution in [0.15, 0.2) is 48.5 Å². The largest absolute Gasteiger partial charge is 0.462 e. The van der Waals surface area contributed by atoms with Gasteiger partial charge in [0.15, 0.2) is 0 Å². The van der Waals surface area contributed by atoms with Gasteiger partial charge in [-0.2, -0.15) is 0 Å². The van der Waals surface area contributed by atoms with E-state index in [2.05, 4.69) is 10.6 Å². The molecule has 36 heavy (non-hydrogen) atoms. The van der Waals surface area contributed by atoms with Crippen molar-refractivity contribution in [2.45, 2.75) is 83.3 Å². The lowest BCUT2D eigenvalue weighted by Gasteiger charge is -2.15. The number of benzene rings is 2. The number of carbonyl (C=O) groups excluding carboxylic acids is 3. The van der Waals surface area contributed by atoms with E-state index >= 15 is 0 Å². The molecule has 3 rings (SSSR count). The SMILES string of the molecule is O=C(CCCCCCC(=O)Nc1cccc(CNc2ccccc2CC(=O)OC2CCCC2)c1)NO. The van der Waals surface area contributed by atoms with Crippen molar-refractivity contribution < 1.29 is 24.3 Å². The number of para-hydroxylation sites is 1. The monoisotopic (exact) mass is 495 g/mol. The van der Waals surface area contributed by atoms with Crippen molar-refractivity contribution in [1.82, 2.24) is 5.48 Å². The third kappa shape index (κ3) is 9.70. The molecular weight excluding hydrogens is 458 g/mol. The van der Waals surface area contributed by atoms with E-state index in [4.69, 9.17) is 9.94 Å². The first-order chi connectivity index (χ1) is 17.5. The van der Waals surface area contributed by atoms with E-state index in [0.717, 1.165) is 67.4 Å². The highest BCUT2D eigenvalue weighted by molar-refractivity contribution is 5.90. The van der Waals surface area contributed by atoms with Gasteiger partial charge in [0, 0.05) is 30.8 Å². The molecule has 194 valence electrons. The second kappa shape index (κ2) is 14.9. The van der Waals surface area contributed by atoms with E-state index in [0.29, 0.717) is 25.8 Å². The predicted molar refractivity (Wildman–Crippen MR) is 139 cm³/mol. The quantitative estimate of drug-likeness (QED) is 0.125. The fourth-order valence-corrected chi connectivity index (χ4v) is 4.40. The summed E-state index contributed by atoms with van der Waals surface area (Å²) in [5.41, 5.74) is 5.17. The summed E-state index contributed by atoms with van der Waals surface area (Å²) in [4.78, 5) is 35.7. The van der Waals surface area contributed by atoms with E-state index in [1.54, 1.807) is 5.48 Å². The maximum absolute atomic E-state index is 12.4. The summed E-state index contributed by atoms with van der Waals surface area (Å²) in [6.45, 7) is 0.555. The molecular formula is C28H37N3O5. The van der Waals surface area contributed by atoms with Gasteiger partial charge in [0.2, 0.25) is 11.8 Å². The fourth-order valence-electron chi connectivity index (χ4n) is 4.40. The Balaban J connectivity index is 1.42. The molecule has 0 saturated heterocycles. The van der Waals surface area contributed by atoms with Crippen LogP contribution in [0, 0.1) is 0 Å². The van der Waals surface area contributed by atoms with Crippen LogP contribution in [0.5, 0.6) is 0 Å². The molecule has 1 aliphatic carbocycles. The molecule has 0 aromatic heterocycles. The summed E-state index contributed by atoms with van der Waals surface area (Å²) < 4.78 is 5.61. The molecule has 8 nitrogen and oxygen atoms in total. The van der Waals surface area contributed by atoms with Crippen LogP contribution in [0.25, 0.3) is 0 Å². The molecule has 0 atom stereocenters. The molecule has 0 bridgehead atoms. The van der Waals surface area contributed by atoms with Crippen LogP contribution in [-0.2, 0) is 32.1 Å². The van der Waals surface area contributed by atoms with Gasteiger partial charge in [-0.15, -0.1) is 0 Å². The van der Waals surface area contributed by atoms with Gasteiger partial charge in [0.25, 0.3) is 0 Å². The Morgan fingerprint density at radius 2 is 1.61 bits per heavy atom. The number of hydroxylamine groups is 1. The molecule has 0 heterocycles. The van der Waals surface area contributed by atoms with Crippen molar-refractivity contribution >= 4 is 29.2 Å². The second-order valence-electron chi connectivity index (χ2n) is 9.28. The molecule has 1 aliphatic rings. The molecule has 0 aliphatic heterocycles. The number of ether oxygens (including phenoxy) is 1. The van der Waals surface area contributed by atoms with Crippen molar-refractivity contribution in [3.8, 4) is 0 Å². The molecule has 8 heteroatoms. The van der Waals surface area contributed by atoms with Crippen LogP contribution in [0.3, 0.4) is 0 Å². The first-order valence-electron chi connectivity index (χ1n) is 12.9. The van der Waals surface area contributed by atoms with Gasteiger partial charge < -0.3 is 15.4 Å². The molecule has 1 fully saturated rings. The van der Waals surface area contributed by atoms with Gasteiger partial charge in [-0.1, -0.05) is 43.2 Å². The maximum atomic E-state index is 12.4. The Labute approximate surface area is 212 Å². The maximum Gasteiger partial charge on any atom is 0.310 e. The average molecular weight is 496 g/mol. The van der Waals surface area contributed by atoms with E-state index in [1.165, 1.54) is 0 Å². The van der Waals surface area contributed by atoms with Crippen molar-refractivity contribution in [2.24, 2.45) is 0 Å².